The molecule has 1 aliphatic heterocycles. The Morgan fingerprint density at radius 3 is 2.42 bits per heavy atom. The van der Waals surface area contributed by atoms with Crippen molar-refractivity contribution in [1.82, 2.24) is 19.7 Å². The van der Waals surface area contributed by atoms with Crippen LogP contribution in [0, 0.1) is 0 Å². The topological polar surface area (TPSA) is 50.1 Å². The van der Waals surface area contributed by atoms with E-state index in [1.807, 2.05) is 60.2 Å². The molecule has 0 radical (unpaired) electrons. The highest BCUT2D eigenvalue weighted by molar-refractivity contribution is 5.89. The molecular formula is C18H22N6. The average Bonchev–Trinajstić information content (AvgIpc) is 3.06. The fourth-order valence-electron chi connectivity index (χ4n) is 3.19. The number of hydrogen-bond acceptors (Lipinski definition) is 5. The van der Waals surface area contributed by atoms with Gasteiger partial charge >= 0.3 is 0 Å². The highest BCUT2D eigenvalue weighted by Crippen LogP contribution is 2.29. The van der Waals surface area contributed by atoms with E-state index < -0.39 is 0 Å². The number of aromatic nitrogens is 4. The number of rotatable bonds is 3. The Morgan fingerprint density at radius 1 is 0.958 bits per heavy atom. The van der Waals surface area contributed by atoms with Crippen molar-refractivity contribution >= 4 is 22.8 Å². The van der Waals surface area contributed by atoms with E-state index >= 15 is 0 Å². The van der Waals surface area contributed by atoms with Gasteiger partial charge in [0.2, 0.25) is 5.95 Å². The van der Waals surface area contributed by atoms with E-state index in [1.54, 1.807) is 0 Å². The highest BCUT2D eigenvalue weighted by atomic mass is 15.3. The van der Waals surface area contributed by atoms with Crippen LogP contribution in [0.1, 0.15) is 19.3 Å². The Labute approximate surface area is 141 Å². The molecule has 0 unspecified atom stereocenters. The molecule has 124 valence electrons. The van der Waals surface area contributed by atoms with Crippen molar-refractivity contribution in [2.45, 2.75) is 19.3 Å². The van der Waals surface area contributed by atoms with Crippen LogP contribution in [0.2, 0.25) is 0 Å². The van der Waals surface area contributed by atoms with Gasteiger partial charge in [-0.15, -0.1) is 0 Å². The molecule has 6 heteroatoms. The molecule has 0 amide bonds. The number of fused-ring (bicyclic) bond motifs is 1. The summed E-state index contributed by atoms with van der Waals surface area (Å²) in [5.74, 6) is 1.73. The molecule has 4 rings (SSSR count). The van der Waals surface area contributed by atoms with E-state index in [4.69, 9.17) is 9.97 Å². The fraction of sp³-hybridized carbons (Fsp3) is 0.389. The number of piperidine rings is 1. The van der Waals surface area contributed by atoms with Crippen LogP contribution >= 0.6 is 0 Å². The third-order valence-electron chi connectivity index (χ3n) is 4.45. The Bertz CT molecular complexity index is 833. The van der Waals surface area contributed by atoms with E-state index in [0.717, 1.165) is 41.6 Å². The lowest BCUT2D eigenvalue weighted by Crippen LogP contribution is -2.31. The van der Waals surface area contributed by atoms with Gasteiger partial charge in [-0.3, -0.25) is 0 Å². The minimum absolute atomic E-state index is 0.723. The van der Waals surface area contributed by atoms with E-state index in [9.17, 15) is 0 Å². The molecule has 3 heterocycles. The summed E-state index contributed by atoms with van der Waals surface area (Å²) in [7, 11) is 3.95. The fourth-order valence-corrected chi connectivity index (χ4v) is 3.19. The maximum absolute atomic E-state index is 4.82. The van der Waals surface area contributed by atoms with Crippen LogP contribution in [-0.2, 0) is 0 Å². The summed E-state index contributed by atoms with van der Waals surface area (Å²) >= 11 is 0. The van der Waals surface area contributed by atoms with E-state index in [-0.39, 0.29) is 0 Å². The van der Waals surface area contributed by atoms with Crippen LogP contribution in [-0.4, -0.2) is 46.9 Å². The minimum atomic E-state index is 0.723. The van der Waals surface area contributed by atoms with Crippen LogP contribution in [0.3, 0.4) is 0 Å². The van der Waals surface area contributed by atoms with Gasteiger partial charge in [0, 0.05) is 27.2 Å². The zero-order chi connectivity index (χ0) is 16.5. The normalized spacial score (nSPS) is 15.0. The van der Waals surface area contributed by atoms with Gasteiger partial charge in [0.25, 0.3) is 0 Å². The molecule has 1 saturated heterocycles. The maximum Gasteiger partial charge on any atom is 0.228 e. The van der Waals surface area contributed by atoms with Crippen molar-refractivity contribution in [3.63, 3.8) is 0 Å². The first-order chi connectivity index (χ1) is 11.7. The first-order valence-electron chi connectivity index (χ1n) is 8.47. The molecule has 1 aliphatic rings. The van der Waals surface area contributed by atoms with Crippen molar-refractivity contribution in [2.75, 3.05) is 37.0 Å². The molecule has 0 atom stereocenters. The number of anilines is 2. The van der Waals surface area contributed by atoms with Crippen molar-refractivity contribution < 1.29 is 0 Å². The largest absolute Gasteiger partial charge is 0.356 e. The molecule has 0 spiro atoms. The summed E-state index contributed by atoms with van der Waals surface area (Å²) in [6.07, 6.45) is 5.63. The van der Waals surface area contributed by atoms with Gasteiger partial charge in [-0.25, -0.2) is 4.68 Å². The Morgan fingerprint density at radius 2 is 1.71 bits per heavy atom. The monoisotopic (exact) mass is 322 g/mol. The van der Waals surface area contributed by atoms with E-state index in [2.05, 4.69) is 10.00 Å². The van der Waals surface area contributed by atoms with Crippen molar-refractivity contribution in [2.24, 2.45) is 0 Å². The first-order valence-corrected chi connectivity index (χ1v) is 8.47. The lowest BCUT2D eigenvalue weighted by atomic mass is 10.1. The van der Waals surface area contributed by atoms with E-state index in [0.29, 0.717) is 0 Å². The molecule has 0 saturated carbocycles. The van der Waals surface area contributed by atoms with Crippen molar-refractivity contribution in [3.05, 3.63) is 36.5 Å². The summed E-state index contributed by atoms with van der Waals surface area (Å²) < 4.78 is 1.90. The Hall–Kier alpha value is -2.63. The quantitative estimate of drug-likeness (QED) is 0.742. The SMILES string of the molecule is CN(C)c1nc(N2CCCCC2)c2cnn(-c3ccccc3)c2n1. The van der Waals surface area contributed by atoms with Gasteiger partial charge in [0.05, 0.1) is 17.3 Å². The number of para-hydroxylation sites is 1. The second-order valence-corrected chi connectivity index (χ2v) is 6.42. The molecule has 1 fully saturated rings. The molecule has 0 aliphatic carbocycles. The van der Waals surface area contributed by atoms with E-state index in [1.165, 1.54) is 19.3 Å². The van der Waals surface area contributed by atoms with Gasteiger partial charge in [-0.05, 0) is 31.4 Å². The van der Waals surface area contributed by atoms with Gasteiger partial charge in [0.1, 0.15) is 5.82 Å². The van der Waals surface area contributed by atoms with Gasteiger partial charge in [0.15, 0.2) is 5.65 Å². The second-order valence-electron chi connectivity index (χ2n) is 6.42. The maximum atomic E-state index is 4.82. The zero-order valence-electron chi connectivity index (χ0n) is 14.2. The third kappa shape index (κ3) is 2.58. The summed E-state index contributed by atoms with van der Waals surface area (Å²) in [5, 5.41) is 5.61. The zero-order valence-corrected chi connectivity index (χ0v) is 14.2. The summed E-state index contributed by atoms with van der Waals surface area (Å²) in [4.78, 5) is 13.9. The number of benzene rings is 1. The lowest BCUT2D eigenvalue weighted by molar-refractivity contribution is 0.574. The summed E-state index contributed by atoms with van der Waals surface area (Å²) in [6.45, 7) is 2.10. The van der Waals surface area contributed by atoms with Crippen LogP contribution in [0.5, 0.6) is 0 Å². The Kier molecular flexibility index (Phi) is 3.80. The van der Waals surface area contributed by atoms with Gasteiger partial charge in [-0.1, -0.05) is 18.2 Å². The molecule has 3 aromatic rings. The van der Waals surface area contributed by atoms with Crippen molar-refractivity contribution in [1.29, 1.82) is 0 Å². The average molecular weight is 322 g/mol. The first kappa shape index (κ1) is 14.9. The lowest BCUT2D eigenvalue weighted by Gasteiger charge is -2.28. The smallest absolute Gasteiger partial charge is 0.228 e. The van der Waals surface area contributed by atoms with Gasteiger partial charge in [-0.2, -0.15) is 15.1 Å². The van der Waals surface area contributed by atoms with Crippen LogP contribution < -0.4 is 9.80 Å². The van der Waals surface area contributed by atoms with Crippen LogP contribution in [0.15, 0.2) is 36.5 Å². The second kappa shape index (κ2) is 6.11. The van der Waals surface area contributed by atoms with Crippen LogP contribution in [0.4, 0.5) is 11.8 Å². The standard InChI is InChI=1S/C18H22N6/c1-22(2)18-20-16(23-11-7-4-8-12-23)15-13-19-24(17(15)21-18)14-9-5-3-6-10-14/h3,5-6,9-10,13H,4,7-8,11-12H2,1-2H3. The summed E-state index contributed by atoms with van der Waals surface area (Å²) in [6, 6.07) is 10.1. The Balaban J connectivity index is 1.90. The molecule has 0 bridgehead atoms. The molecule has 2 aromatic heterocycles. The molecule has 0 N–H and O–H groups in total. The predicted octanol–water partition coefficient (Wildman–Crippen LogP) is 2.87. The number of nitrogens with zero attached hydrogens (tertiary/aromatic N) is 6. The minimum Gasteiger partial charge on any atom is -0.356 e. The molecule has 1 aromatic carbocycles. The number of hydrogen-bond donors (Lipinski definition) is 0. The predicted molar refractivity (Wildman–Crippen MR) is 97.1 cm³/mol. The molecule has 24 heavy (non-hydrogen) atoms. The highest BCUT2D eigenvalue weighted by Gasteiger charge is 2.20. The third-order valence-corrected chi connectivity index (χ3v) is 4.45. The summed E-state index contributed by atoms with van der Waals surface area (Å²) in [5.41, 5.74) is 1.88. The van der Waals surface area contributed by atoms with Crippen LogP contribution in [0.25, 0.3) is 16.7 Å². The molecule has 6 nitrogen and oxygen atoms in total. The molecular weight excluding hydrogens is 300 g/mol. The van der Waals surface area contributed by atoms with Crippen molar-refractivity contribution in [3.8, 4) is 5.69 Å². The van der Waals surface area contributed by atoms with Gasteiger partial charge < -0.3 is 9.80 Å².